The Morgan fingerprint density at radius 2 is 2.05 bits per heavy atom. The molecule has 2 aliphatic rings. The quantitative estimate of drug-likeness (QED) is 0.879. The summed E-state index contributed by atoms with van der Waals surface area (Å²) in [7, 11) is 0. The highest BCUT2D eigenvalue weighted by molar-refractivity contribution is 6.33. The summed E-state index contributed by atoms with van der Waals surface area (Å²) in [5.41, 5.74) is 5.80. The van der Waals surface area contributed by atoms with Crippen molar-refractivity contribution in [1.82, 2.24) is 5.32 Å². The molecule has 2 amide bonds. The summed E-state index contributed by atoms with van der Waals surface area (Å²) < 4.78 is 0. The maximum Gasteiger partial charge on any atom is 0.249 e. The first-order chi connectivity index (χ1) is 10.0. The zero-order valence-corrected chi connectivity index (χ0v) is 13.6. The summed E-state index contributed by atoms with van der Waals surface area (Å²) in [6, 6.07) is 6.73. The van der Waals surface area contributed by atoms with E-state index in [0.29, 0.717) is 36.5 Å². The van der Waals surface area contributed by atoms with Crippen LogP contribution in [-0.4, -0.2) is 29.9 Å². The van der Waals surface area contributed by atoms with Crippen molar-refractivity contribution in [3.63, 3.8) is 0 Å². The monoisotopic (exact) mass is 343 g/mol. The molecule has 1 saturated heterocycles. The second-order valence-corrected chi connectivity index (χ2v) is 6.17. The van der Waals surface area contributed by atoms with Gasteiger partial charge in [0, 0.05) is 6.54 Å². The molecule has 1 aliphatic carbocycles. The first-order valence-corrected chi connectivity index (χ1v) is 7.55. The first-order valence-electron chi connectivity index (χ1n) is 7.17. The number of piperidine rings is 1. The maximum atomic E-state index is 12.6. The third-order valence-corrected chi connectivity index (χ3v) is 4.45. The number of hydrogen-bond acceptors (Lipinski definition) is 3. The van der Waals surface area contributed by atoms with E-state index < -0.39 is 11.6 Å². The summed E-state index contributed by atoms with van der Waals surface area (Å²) in [6.45, 7) is 0.614. The number of carbonyl (C=O) groups excluding carboxylic acids is 2. The van der Waals surface area contributed by atoms with Crippen molar-refractivity contribution in [2.24, 2.45) is 5.73 Å². The van der Waals surface area contributed by atoms with Gasteiger partial charge >= 0.3 is 0 Å². The largest absolute Gasteiger partial charge is 0.343 e. The smallest absolute Gasteiger partial charge is 0.249 e. The number of nitrogens with one attached hydrogen (secondary N) is 1. The van der Waals surface area contributed by atoms with Gasteiger partial charge in [0.1, 0.15) is 6.04 Å². The van der Waals surface area contributed by atoms with Crippen molar-refractivity contribution in [1.29, 1.82) is 0 Å². The minimum absolute atomic E-state index is 0. The van der Waals surface area contributed by atoms with E-state index in [1.54, 1.807) is 11.0 Å². The molecule has 120 valence electrons. The maximum absolute atomic E-state index is 12.6. The van der Waals surface area contributed by atoms with E-state index in [4.69, 9.17) is 17.3 Å². The number of amides is 2. The molecule has 7 heteroatoms. The lowest BCUT2D eigenvalue weighted by Gasteiger charge is -2.33. The number of benzene rings is 1. The van der Waals surface area contributed by atoms with Crippen LogP contribution >= 0.6 is 24.0 Å². The number of para-hydroxylation sites is 1. The van der Waals surface area contributed by atoms with E-state index >= 15 is 0 Å². The van der Waals surface area contributed by atoms with Crippen LogP contribution in [0.1, 0.15) is 25.7 Å². The Morgan fingerprint density at radius 1 is 1.36 bits per heavy atom. The molecule has 0 aromatic heterocycles. The van der Waals surface area contributed by atoms with Gasteiger partial charge in [-0.15, -0.1) is 12.4 Å². The molecule has 1 aliphatic heterocycles. The van der Waals surface area contributed by atoms with Crippen LogP contribution in [0.5, 0.6) is 0 Å². The Morgan fingerprint density at radius 3 is 2.68 bits per heavy atom. The number of nitrogens with two attached hydrogens (primary N) is 1. The number of anilines is 1. The van der Waals surface area contributed by atoms with Gasteiger partial charge in [-0.3, -0.25) is 9.59 Å². The van der Waals surface area contributed by atoms with Crippen LogP contribution in [0.4, 0.5) is 5.69 Å². The Hall–Kier alpha value is -1.30. The van der Waals surface area contributed by atoms with Gasteiger partial charge < -0.3 is 16.0 Å². The topological polar surface area (TPSA) is 75.4 Å². The molecule has 0 spiro atoms. The molecule has 1 unspecified atom stereocenters. The zero-order chi connectivity index (χ0) is 15.0. The van der Waals surface area contributed by atoms with Crippen LogP contribution in [0.2, 0.25) is 5.02 Å². The van der Waals surface area contributed by atoms with E-state index in [0.717, 1.165) is 6.42 Å². The number of carbonyl (C=O) groups is 2. The van der Waals surface area contributed by atoms with Crippen molar-refractivity contribution in [3.05, 3.63) is 29.3 Å². The standard InChI is InChI=1S/C15H18ClN3O2.ClH/c16-10-4-1-2-6-12(10)19-9-3-5-11(13(19)20)18-14(21)15(17)7-8-15;/h1-2,4,6,11H,3,5,7-9,17H2,(H,18,21);1H. The van der Waals surface area contributed by atoms with E-state index in [1.165, 1.54) is 0 Å². The number of rotatable bonds is 3. The Bertz CT molecular complexity index is 590. The minimum Gasteiger partial charge on any atom is -0.343 e. The summed E-state index contributed by atoms with van der Waals surface area (Å²) >= 11 is 6.16. The predicted octanol–water partition coefficient (Wildman–Crippen LogP) is 1.86. The molecule has 1 heterocycles. The fourth-order valence-electron chi connectivity index (χ4n) is 2.58. The molecule has 5 nitrogen and oxygen atoms in total. The minimum atomic E-state index is -0.757. The second-order valence-electron chi connectivity index (χ2n) is 5.77. The lowest BCUT2D eigenvalue weighted by Crippen LogP contribution is -2.56. The number of nitrogens with zero attached hydrogens (tertiary/aromatic N) is 1. The van der Waals surface area contributed by atoms with Gasteiger partial charge in [0.25, 0.3) is 0 Å². The van der Waals surface area contributed by atoms with Crippen molar-refractivity contribution in [3.8, 4) is 0 Å². The molecule has 1 aromatic rings. The normalized spacial score (nSPS) is 22.7. The number of hydrogen-bond donors (Lipinski definition) is 2. The van der Waals surface area contributed by atoms with Crippen LogP contribution in [0, 0.1) is 0 Å². The van der Waals surface area contributed by atoms with Gasteiger partial charge in [-0.05, 0) is 37.8 Å². The summed E-state index contributed by atoms with van der Waals surface area (Å²) in [4.78, 5) is 26.2. The van der Waals surface area contributed by atoms with E-state index in [2.05, 4.69) is 5.32 Å². The molecule has 0 bridgehead atoms. The van der Waals surface area contributed by atoms with Crippen LogP contribution in [0.25, 0.3) is 0 Å². The van der Waals surface area contributed by atoms with Crippen LogP contribution in [0.3, 0.4) is 0 Å². The summed E-state index contributed by atoms with van der Waals surface area (Å²) in [5.74, 6) is -0.339. The average molecular weight is 344 g/mol. The third-order valence-electron chi connectivity index (χ3n) is 4.13. The molecule has 1 aromatic carbocycles. The third kappa shape index (κ3) is 3.21. The number of halogens is 2. The Balaban J connectivity index is 0.00000176. The zero-order valence-electron chi connectivity index (χ0n) is 12.0. The fourth-order valence-corrected chi connectivity index (χ4v) is 2.82. The predicted molar refractivity (Wildman–Crippen MR) is 88.4 cm³/mol. The van der Waals surface area contributed by atoms with E-state index in [-0.39, 0.29) is 24.2 Å². The van der Waals surface area contributed by atoms with E-state index in [1.807, 2.05) is 18.2 Å². The molecule has 1 saturated carbocycles. The van der Waals surface area contributed by atoms with E-state index in [9.17, 15) is 9.59 Å². The summed E-state index contributed by atoms with van der Waals surface area (Å²) in [6.07, 6.45) is 2.84. The molecule has 22 heavy (non-hydrogen) atoms. The highest BCUT2D eigenvalue weighted by Crippen LogP contribution is 2.33. The SMILES string of the molecule is Cl.NC1(C(=O)NC2CCCN(c3ccccc3Cl)C2=O)CC1. The lowest BCUT2D eigenvalue weighted by molar-refractivity contribution is -0.129. The van der Waals surface area contributed by atoms with Gasteiger partial charge in [-0.2, -0.15) is 0 Å². The van der Waals surface area contributed by atoms with Crippen molar-refractivity contribution in [2.45, 2.75) is 37.3 Å². The molecular formula is C15H19Cl2N3O2. The molecule has 2 fully saturated rings. The molecule has 0 radical (unpaired) electrons. The molecule has 1 atom stereocenters. The highest BCUT2D eigenvalue weighted by Gasteiger charge is 2.47. The Labute approximate surface area is 140 Å². The summed E-state index contributed by atoms with van der Waals surface area (Å²) in [5, 5.41) is 3.33. The van der Waals surface area contributed by atoms with Crippen LogP contribution in [0.15, 0.2) is 24.3 Å². The first kappa shape index (κ1) is 17.1. The van der Waals surface area contributed by atoms with Crippen molar-refractivity contribution in [2.75, 3.05) is 11.4 Å². The van der Waals surface area contributed by atoms with Crippen molar-refractivity contribution >= 4 is 41.5 Å². The second kappa shape index (κ2) is 6.44. The van der Waals surface area contributed by atoms with Gasteiger partial charge in [0.15, 0.2) is 0 Å². The fraction of sp³-hybridized carbons (Fsp3) is 0.467. The van der Waals surface area contributed by atoms with Gasteiger partial charge in [-0.25, -0.2) is 0 Å². The van der Waals surface area contributed by atoms with Gasteiger partial charge in [0.2, 0.25) is 11.8 Å². The lowest BCUT2D eigenvalue weighted by atomic mass is 10.0. The van der Waals surface area contributed by atoms with Crippen LogP contribution in [-0.2, 0) is 9.59 Å². The Kier molecular flexibility index (Phi) is 5.00. The van der Waals surface area contributed by atoms with Gasteiger partial charge in [-0.1, -0.05) is 23.7 Å². The van der Waals surface area contributed by atoms with Gasteiger partial charge in [0.05, 0.1) is 16.2 Å². The van der Waals surface area contributed by atoms with Crippen molar-refractivity contribution < 1.29 is 9.59 Å². The average Bonchev–Trinajstić information content (AvgIpc) is 3.21. The molecular weight excluding hydrogens is 325 g/mol. The highest BCUT2D eigenvalue weighted by atomic mass is 35.5. The molecule has 3 N–H and O–H groups in total. The van der Waals surface area contributed by atoms with Crippen LogP contribution < -0.4 is 16.0 Å². The molecule has 3 rings (SSSR count).